The van der Waals surface area contributed by atoms with Crippen LogP contribution in [-0.4, -0.2) is 25.5 Å². The van der Waals surface area contributed by atoms with Crippen molar-refractivity contribution < 1.29 is 31.8 Å². The lowest BCUT2D eigenvalue weighted by molar-refractivity contribution is -0.122. The molecule has 11 heteroatoms. The number of rotatable bonds is 7. The summed E-state index contributed by atoms with van der Waals surface area (Å²) in [5, 5.41) is 12.7. The van der Waals surface area contributed by atoms with E-state index in [0.717, 1.165) is 36.4 Å². The number of carbonyl (C=O) groups excluding carboxylic acids is 1. The van der Waals surface area contributed by atoms with Crippen molar-refractivity contribution >= 4 is 38.9 Å². The Labute approximate surface area is 187 Å². The third-order valence-corrected chi connectivity index (χ3v) is 5.80. The normalized spacial score (nSPS) is 12.1. The molecule has 7 nitrogen and oxygen atoms in total. The summed E-state index contributed by atoms with van der Waals surface area (Å²) in [5.41, 5.74) is 0.0365. The van der Waals surface area contributed by atoms with Crippen LogP contribution in [0.1, 0.15) is 6.92 Å². The number of benzene rings is 3. The van der Waals surface area contributed by atoms with Crippen molar-refractivity contribution in [1.29, 1.82) is 0 Å². The van der Waals surface area contributed by atoms with Gasteiger partial charge in [0, 0.05) is 11.1 Å². The van der Waals surface area contributed by atoms with E-state index < -0.39 is 33.7 Å². The summed E-state index contributed by atoms with van der Waals surface area (Å²) < 4.78 is 59.3. The second-order valence-electron chi connectivity index (χ2n) is 6.62. The molecule has 0 fully saturated rings. The van der Waals surface area contributed by atoms with Crippen LogP contribution in [-0.2, 0) is 14.8 Å². The maximum absolute atomic E-state index is 13.3. The minimum Gasteiger partial charge on any atom is -0.506 e. The summed E-state index contributed by atoms with van der Waals surface area (Å²) in [4.78, 5) is 12.2. The van der Waals surface area contributed by atoms with Gasteiger partial charge in [0.2, 0.25) is 0 Å². The van der Waals surface area contributed by atoms with Gasteiger partial charge in [-0.2, -0.15) is 0 Å². The Morgan fingerprint density at radius 1 is 1.06 bits per heavy atom. The molecule has 3 aromatic rings. The molecule has 1 unspecified atom stereocenters. The van der Waals surface area contributed by atoms with E-state index >= 15 is 0 Å². The summed E-state index contributed by atoms with van der Waals surface area (Å²) in [6.45, 7) is 1.34. The van der Waals surface area contributed by atoms with Crippen molar-refractivity contribution in [2.75, 3.05) is 10.0 Å². The van der Waals surface area contributed by atoms with Gasteiger partial charge >= 0.3 is 0 Å². The molecule has 0 heterocycles. The molecule has 3 rings (SSSR count). The van der Waals surface area contributed by atoms with E-state index in [9.17, 15) is 27.1 Å². The van der Waals surface area contributed by atoms with Crippen molar-refractivity contribution in [3.05, 3.63) is 77.3 Å². The Morgan fingerprint density at radius 2 is 1.81 bits per heavy atom. The fourth-order valence-electron chi connectivity index (χ4n) is 2.59. The van der Waals surface area contributed by atoms with Gasteiger partial charge in [0.1, 0.15) is 11.5 Å². The van der Waals surface area contributed by atoms with Crippen LogP contribution >= 0.6 is 11.6 Å². The topological polar surface area (TPSA) is 105 Å². The smallest absolute Gasteiger partial charge is 0.265 e. The standard InChI is InChI=1S/C21H17ClF2N2O5S/c1-12(31-15-5-7-17(23)18(24)10-15)21(28)25-19-11-16(6-8-20(19)27)32(29,30)26-14-4-2-3-13(22)9-14/h2-12,26-27H,1H3,(H,25,28). The third-order valence-electron chi connectivity index (χ3n) is 4.19. The Hall–Kier alpha value is -3.37. The quantitative estimate of drug-likeness (QED) is 0.429. The molecular weight excluding hydrogens is 466 g/mol. The average molecular weight is 483 g/mol. The van der Waals surface area contributed by atoms with E-state index in [2.05, 4.69) is 10.0 Å². The van der Waals surface area contributed by atoms with Gasteiger partial charge in [-0.05, 0) is 55.5 Å². The highest BCUT2D eigenvalue weighted by Gasteiger charge is 2.20. The molecule has 0 saturated carbocycles. The fourth-order valence-corrected chi connectivity index (χ4v) is 3.86. The number of carbonyl (C=O) groups is 1. The van der Waals surface area contributed by atoms with Crippen LogP contribution in [0.15, 0.2) is 65.6 Å². The summed E-state index contributed by atoms with van der Waals surface area (Å²) in [7, 11) is -4.06. The van der Waals surface area contributed by atoms with Gasteiger partial charge in [-0.25, -0.2) is 17.2 Å². The van der Waals surface area contributed by atoms with Crippen LogP contribution in [0.2, 0.25) is 5.02 Å². The molecule has 0 aliphatic rings. The summed E-state index contributed by atoms with van der Waals surface area (Å²) in [6.07, 6.45) is -1.18. The molecule has 0 aliphatic carbocycles. The van der Waals surface area contributed by atoms with Crippen molar-refractivity contribution in [1.82, 2.24) is 0 Å². The highest BCUT2D eigenvalue weighted by atomic mass is 35.5. The summed E-state index contributed by atoms with van der Waals surface area (Å²) in [6, 6.07) is 12.2. The molecule has 3 aromatic carbocycles. The highest BCUT2D eigenvalue weighted by molar-refractivity contribution is 7.92. The molecule has 0 aliphatic heterocycles. The maximum Gasteiger partial charge on any atom is 0.265 e. The van der Waals surface area contributed by atoms with Crippen molar-refractivity contribution in [2.24, 2.45) is 0 Å². The Kier molecular flexibility index (Phi) is 6.85. The number of hydrogen-bond donors (Lipinski definition) is 3. The number of ether oxygens (including phenoxy) is 1. The molecule has 1 amide bonds. The number of aromatic hydroxyl groups is 1. The first kappa shape index (κ1) is 23.3. The van der Waals surface area contributed by atoms with Crippen LogP contribution < -0.4 is 14.8 Å². The zero-order chi connectivity index (χ0) is 23.5. The van der Waals surface area contributed by atoms with E-state index in [1.165, 1.54) is 19.1 Å². The lowest BCUT2D eigenvalue weighted by atomic mass is 10.2. The molecule has 3 N–H and O–H groups in total. The van der Waals surface area contributed by atoms with Gasteiger partial charge in [-0.15, -0.1) is 0 Å². The predicted octanol–water partition coefficient (Wildman–Crippen LogP) is 4.53. The maximum atomic E-state index is 13.3. The van der Waals surface area contributed by atoms with Crippen molar-refractivity contribution in [3.63, 3.8) is 0 Å². The van der Waals surface area contributed by atoms with E-state index in [4.69, 9.17) is 16.3 Å². The molecule has 0 spiro atoms. The van der Waals surface area contributed by atoms with Crippen molar-refractivity contribution in [3.8, 4) is 11.5 Å². The third kappa shape index (κ3) is 5.65. The highest BCUT2D eigenvalue weighted by Crippen LogP contribution is 2.28. The SMILES string of the molecule is CC(Oc1ccc(F)c(F)c1)C(=O)Nc1cc(S(=O)(=O)Nc2cccc(Cl)c2)ccc1O. The fraction of sp³-hybridized carbons (Fsp3) is 0.0952. The van der Waals surface area contributed by atoms with E-state index in [-0.39, 0.29) is 27.8 Å². The van der Waals surface area contributed by atoms with Crippen LogP contribution in [0.25, 0.3) is 0 Å². The lowest BCUT2D eigenvalue weighted by Gasteiger charge is -2.16. The summed E-state index contributed by atoms with van der Waals surface area (Å²) in [5.74, 6) is -3.44. The Morgan fingerprint density at radius 3 is 2.50 bits per heavy atom. The number of amides is 1. The first-order chi connectivity index (χ1) is 15.0. The second kappa shape index (κ2) is 9.41. The zero-order valence-corrected chi connectivity index (χ0v) is 18.0. The first-order valence-corrected chi connectivity index (χ1v) is 11.0. The van der Waals surface area contributed by atoms with Crippen LogP contribution in [0.3, 0.4) is 0 Å². The number of nitrogens with one attached hydrogen (secondary N) is 2. The first-order valence-electron chi connectivity index (χ1n) is 9.09. The van der Waals surface area contributed by atoms with Gasteiger partial charge in [-0.1, -0.05) is 17.7 Å². The molecular formula is C21H17ClF2N2O5S. The molecule has 32 heavy (non-hydrogen) atoms. The average Bonchev–Trinajstić information content (AvgIpc) is 2.71. The monoisotopic (exact) mass is 482 g/mol. The number of hydrogen-bond acceptors (Lipinski definition) is 5. The van der Waals surface area contributed by atoms with Crippen LogP contribution in [0.5, 0.6) is 11.5 Å². The molecule has 0 bridgehead atoms. The second-order valence-corrected chi connectivity index (χ2v) is 8.74. The summed E-state index contributed by atoms with van der Waals surface area (Å²) >= 11 is 5.86. The number of anilines is 2. The Bertz CT molecular complexity index is 1270. The van der Waals surface area contributed by atoms with Gasteiger partial charge in [-0.3, -0.25) is 9.52 Å². The van der Waals surface area contributed by atoms with Gasteiger partial charge < -0.3 is 15.2 Å². The van der Waals surface area contributed by atoms with Crippen LogP contribution in [0.4, 0.5) is 20.2 Å². The van der Waals surface area contributed by atoms with E-state index in [0.29, 0.717) is 5.02 Å². The minimum atomic E-state index is -4.06. The van der Waals surface area contributed by atoms with E-state index in [1.54, 1.807) is 12.1 Å². The zero-order valence-electron chi connectivity index (χ0n) is 16.5. The molecule has 1 atom stereocenters. The Balaban J connectivity index is 1.76. The molecule has 168 valence electrons. The number of sulfonamides is 1. The molecule has 0 saturated heterocycles. The molecule has 0 aromatic heterocycles. The van der Waals surface area contributed by atoms with Gasteiger partial charge in [0.15, 0.2) is 17.7 Å². The number of halogens is 3. The number of phenols is 1. The lowest BCUT2D eigenvalue weighted by Crippen LogP contribution is -2.30. The minimum absolute atomic E-state index is 0.0853. The largest absolute Gasteiger partial charge is 0.506 e. The van der Waals surface area contributed by atoms with E-state index in [1.807, 2.05) is 0 Å². The number of phenolic OH excluding ortho intramolecular Hbond substituents is 1. The van der Waals surface area contributed by atoms with Crippen LogP contribution in [0, 0.1) is 11.6 Å². The van der Waals surface area contributed by atoms with Gasteiger partial charge in [0.05, 0.1) is 16.3 Å². The predicted molar refractivity (Wildman–Crippen MR) is 115 cm³/mol. The van der Waals surface area contributed by atoms with Gasteiger partial charge in [0.25, 0.3) is 15.9 Å². The van der Waals surface area contributed by atoms with Crippen molar-refractivity contribution in [2.45, 2.75) is 17.9 Å². The molecule has 0 radical (unpaired) electrons.